The molecule has 1 atom stereocenters. The molecular formula is C21H30. The van der Waals surface area contributed by atoms with E-state index in [1.165, 1.54) is 56.9 Å². The number of hydrogen-bond donors (Lipinski definition) is 0. The van der Waals surface area contributed by atoms with E-state index in [9.17, 15) is 0 Å². The van der Waals surface area contributed by atoms with Gasteiger partial charge in [-0.3, -0.25) is 0 Å². The largest absolute Gasteiger partial charge is 0.0871 e. The standard InChI is InChI=1S/C21H30/c1-3-5-17-8-11-21-15-20(13-12-19(21)14-17)18-9-6-16(4-2)7-10-18/h3,5,8,11,14,16,18,20H,4,6-7,9-10,12-13,15H2,1-2H3/b5-3+. The van der Waals surface area contributed by atoms with Crippen LogP contribution in [0.2, 0.25) is 0 Å². The lowest BCUT2D eigenvalue weighted by atomic mass is 9.69. The maximum Gasteiger partial charge on any atom is -0.0245 e. The summed E-state index contributed by atoms with van der Waals surface area (Å²) in [5.41, 5.74) is 4.62. The van der Waals surface area contributed by atoms with Gasteiger partial charge in [0.1, 0.15) is 0 Å². The molecule has 0 aromatic heterocycles. The Kier molecular flexibility index (Phi) is 4.83. The van der Waals surface area contributed by atoms with Crippen molar-refractivity contribution >= 4 is 6.08 Å². The first kappa shape index (κ1) is 14.9. The molecule has 0 aliphatic heterocycles. The van der Waals surface area contributed by atoms with Crippen molar-refractivity contribution in [1.82, 2.24) is 0 Å². The lowest BCUT2D eigenvalue weighted by Gasteiger charge is -2.36. The highest BCUT2D eigenvalue weighted by Gasteiger charge is 2.29. The zero-order chi connectivity index (χ0) is 14.7. The van der Waals surface area contributed by atoms with Crippen LogP contribution in [0.25, 0.3) is 6.08 Å². The van der Waals surface area contributed by atoms with Crippen molar-refractivity contribution in [2.45, 2.75) is 65.2 Å². The summed E-state index contributed by atoms with van der Waals surface area (Å²) in [7, 11) is 0. The maximum absolute atomic E-state index is 2.42. The first-order valence-corrected chi connectivity index (χ1v) is 9.04. The fraction of sp³-hybridized carbons (Fsp3) is 0.619. The van der Waals surface area contributed by atoms with Gasteiger partial charge in [0.2, 0.25) is 0 Å². The van der Waals surface area contributed by atoms with Crippen LogP contribution in [-0.2, 0) is 12.8 Å². The molecular weight excluding hydrogens is 252 g/mol. The summed E-state index contributed by atoms with van der Waals surface area (Å²) in [4.78, 5) is 0. The Morgan fingerprint density at radius 2 is 1.81 bits per heavy atom. The summed E-state index contributed by atoms with van der Waals surface area (Å²) in [6, 6.07) is 7.11. The third-order valence-corrected chi connectivity index (χ3v) is 5.99. The number of hydrogen-bond acceptors (Lipinski definition) is 0. The van der Waals surface area contributed by atoms with E-state index in [0.717, 1.165) is 17.8 Å². The van der Waals surface area contributed by atoms with E-state index in [0.29, 0.717) is 0 Å². The maximum atomic E-state index is 2.42. The molecule has 0 spiro atoms. The molecule has 1 unspecified atom stereocenters. The van der Waals surface area contributed by atoms with Gasteiger partial charge in [-0.1, -0.05) is 56.5 Å². The van der Waals surface area contributed by atoms with E-state index >= 15 is 0 Å². The minimum atomic E-state index is 0.961. The van der Waals surface area contributed by atoms with Crippen LogP contribution < -0.4 is 0 Å². The number of rotatable bonds is 3. The van der Waals surface area contributed by atoms with Gasteiger partial charge in [-0.2, -0.15) is 0 Å². The van der Waals surface area contributed by atoms with Crippen molar-refractivity contribution in [2.75, 3.05) is 0 Å². The Bertz CT molecular complexity index is 489. The van der Waals surface area contributed by atoms with Crippen LogP contribution in [0.5, 0.6) is 0 Å². The Morgan fingerprint density at radius 1 is 1.00 bits per heavy atom. The Hall–Kier alpha value is -1.04. The summed E-state index contributed by atoms with van der Waals surface area (Å²) < 4.78 is 0. The molecule has 21 heavy (non-hydrogen) atoms. The van der Waals surface area contributed by atoms with Crippen molar-refractivity contribution in [1.29, 1.82) is 0 Å². The van der Waals surface area contributed by atoms with Gasteiger partial charge in [-0.05, 0) is 73.5 Å². The van der Waals surface area contributed by atoms with Gasteiger partial charge in [0.05, 0.1) is 0 Å². The number of fused-ring (bicyclic) bond motifs is 1. The van der Waals surface area contributed by atoms with Crippen molar-refractivity contribution < 1.29 is 0 Å². The molecule has 0 nitrogen and oxygen atoms in total. The van der Waals surface area contributed by atoms with Gasteiger partial charge in [-0.15, -0.1) is 0 Å². The molecule has 0 radical (unpaired) electrons. The van der Waals surface area contributed by atoms with E-state index in [-0.39, 0.29) is 0 Å². The van der Waals surface area contributed by atoms with Crippen LogP contribution in [0, 0.1) is 17.8 Å². The molecule has 0 amide bonds. The van der Waals surface area contributed by atoms with Crippen molar-refractivity contribution in [2.24, 2.45) is 17.8 Å². The zero-order valence-electron chi connectivity index (χ0n) is 13.8. The minimum absolute atomic E-state index is 0.961. The Morgan fingerprint density at radius 3 is 2.52 bits per heavy atom. The number of aryl methyl sites for hydroxylation is 1. The molecule has 1 fully saturated rings. The van der Waals surface area contributed by atoms with Gasteiger partial charge in [0.15, 0.2) is 0 Å². The molecule has 0 heteroatoms. The molecule has 0 N–H and O–H groups in total. The van der Waals surface area contributed by atoms with Crippen LogP contribution in [0.1, 0.15) is 69.1 Å². The third kappa shape index (κ3) is 3.42. The number of allylic oxidation sites excluding steroid dienone is 1. The quantitative estimate of drug-likeness (QED) is 0.634. The van der Waals surface area contributed by atoms with Gasteiger partial charge in [0, 0.05) is 0 Å². The molecule has 2 aliphatic carbocycles. The predicted molar refractivity (Wildman–Crippen MR) is 92.4 cm³/mol. The molecule has 1 saturated carbocycles. The summed E-state index contributed by atoms with van der Waals surface area (Å²) in [6.45, 7) is 4.46. The fourth-order valence-electron chi connectivity index (χ4n) is 4.57. The first-order valence-electron chi connectivity index (χ1n) is 9.04. The fourth-order valence-corrected chi connectivity index (χ4v) is 4.57. The van der Waals surface area contributed by atoms with Gasteiger partial charge in [0.25, 0.3) is 0 Å². The summed E-state index contributed by atoms with van der Waals surface area (Å²) >= 11 is 0. The minimum Gasteiger partial charge on any atom is -0.0871 e. The second-order valence-corrected chi connectivity index (χ2v) is 7.22. The molecule has 1 aromatic rings. The van der Waals surface area contributed by atoms with E-state index in [4.69, 9.17) is 0 Å². The first-order chi connectivity index (χ1) is 10.3. The lowest BCUT2D eigenvalue weighted by molar-refractivity contribution is 0.187. The summed E-state index contributed by atoms with van der Waals surface area (Å²) in [6.07, 6.45) is 15.8. The zero-order valence-corrected chi connectivity index (χ0v) is 13.8. The summed E-state index contributed by atoms with van der Waals surface area (Å²) in [5, 5.41) is 0. The highest BCUT2D eigenvalue weighted by molar-refractivity contribution is 5.52. The Labute approximate surface area is 130 Å². The van der Waals surface area contributed by atoms with Gasteiger partial charge >= 0.3 is 0 Å². The second kappa shape index (κ2) is 6.81. The third-order valence-electron chi connectivity index (χ3n) is 5.99. The molecule has 0 saturated heterocycles. The van der Waals surface area contributed by atoms with E-state index < -0.39 is 0 Å². The van der Waals surface area contributed by atoms with Crippen LogP contribution in [-0.4, -0.2) is 0 Å². The van der Waals surface area contributed by atoms with Gasteiger partial charge in [-0.25, -0.2) is 0 Å². The molecule has 2 aliphatic rings. The topological polar surface area (TPSA) is 0 Å². The van der Waals surface area contributed by atoms with Crippen LogP contribution in [0.4, 0.5) is 0 Å². The number of benzene rings is 1. The van der Waals surface area contributed by atoms with Crippen molar-refractivity contribution in [3.8, 4) is 0 Å². The van der Waals surface area contributed by atoms with Crippen LogP contribution in [0.15, 0.2) is 24.3 Å². The Balaban J connectivity index is 1.65. The molecule has 1 aromatic carbocycles. The molecule has 0 bridgehead atoms. The van der Waals surface area contributed by atoms with E-state index in [2.05, 4.69) is 44.2 Å². The predicted octanol–water partition coefficient (Wildman–Crippen LogP) is 6.04. The smallest absolute Gasteiger partial charge is 0.0245 e. The van der Waals surface area contributed by atoms with Crippen LogP contribution in [0.3, 0.4) is 0 Å². The SMILES string of the molecule is C/C=C/c1ccc2c(c1)CCC(C1CCC(CC)CC1)C2. The normalized spacial score (nSPS) is 29.5. The monoisotopic (exact) mass is 282 g/mol. The van der Waals surface area contributed by atoms with E-state index in [1.807, 2.05) is 0 Å². The average molecular weight is 282 g/mol. The van der Waals surface area contributed by atoms with Gasteiger partial charge < -0.3 is 0 Å². The van der Waals surface area contributed by atoms with E-state index in [1.54, 1.807) is 11.1 Å². The molecule has 3 rings (SSSR count). The highest BCUT2D eigenvalue weighted by atomic mass is 14.3. The van der Waals surface area contributed by atoms with Crippen molar-refractivity contribution in [3.63, 3.8) is 0 Å². The average Bonchev–Trinajstić information content (AvgIpc) is 2.55. The van der Waals surface area contributed by atoms with Crippen molar-refractivity contribution in [3.05, 3.63) is 41.0 Å². The lowest BCUT2D eigenvalue weighted by Crippen LogP contribution is -2.26. The van der Waals surface area contributed by atoms with Crippen LogP contribution >= 0.6 is 0 Å². The summed E-state index contributed by atoms with van der Waals surface area (Å²) in [5.74, 6) is 3.00. The second-order valence-electron chi connectivity index (χ2n) is 7.22. The highest BCUT2D eigenvalue weighted by Crippen LogP contribution is 2.40. The molecule has 114 valence electrons. The molecule has 0 heterocycles.